The molecular formula is C21H21FN6O2. The molecule has 4 heterocycles. The van der Waals surface area contributed by atoms with Gasteiger partial charge < -0.3 is 5.32 Å². The smallest absolute Gasteiger partial charge is 0.264 e. The van der Waals surface area contributed by atoms with Crippen LogP contribution in [0.4, 0.5) is 10.2 Å². The van der Waals surface area contributed by atoms with E-state index < -0.39 is 11.7 Å². The zero-order chi connectivity index (χ0) is 21.6. The van der Waals surface area contributed by atoms with Crippen LogP contribution in [0.1, 0.15) is 32.0 Å². The largest absolute Gasteiger partial charge is 0.309 e. The summed E-state index contributed by atoms with van der Waals surface area (Å²) in [7, 11) is 0. The number of nitrogens with zero attached hydrogens (tertiary/aromatic N) is 5. The molecule has 0 unspecified atom stereocenters. The van der Waals surface area contributed by atoms with Crippen LogP contribution in [-0.4, -0.2) is 30.1 Å². The molecule has 0 bridgehead atoms. The molecule has 0 saturated heterocycles. The van der Waals surface area contributed by atoms with Gasteiger partial charge in [0.2, 0.25) is 5.91 Å². The fraction of sp³-hybridized carbons (Fsp3) is 0.286. The van der Waals surface area contributed by atoms with Gasteiger partial charge in [0.25, 0.3) is 5.56 Å². The van der Waals surface area contributed by atoms with Gasteiger partial charge in [-0.1, -0.05) is 20.8 Å². The summed E-state index contributed by atoms with van der Waals surface area (Å²) >= 11 is 0. The second-order valence-corrected chi connectivity index (χ2v) is 8.18. The number of hydrogen-bond donors (Lipinski definition) is 1. The molecule has 1 N–H and O–H groups in total. The van der Waals surface area contributed by atoms with Crippen molar-refractivity contribution in [3.63, 3.8) is 0 Å². The number of amides is 1. The first kappa shape index (κ1) is 19.7. The van der Waals surface area contributed by atoms with Crippen molar-refractivity contribution in [2.75, 3.05) is 5.32 Å². The zero-order valence-corrected chi connectivity index (χ0v) is 17.1. The Hall–Kier alpha value is -3.62. The number of nitrogens with one attached hydrogen (secondary N) is 1. The lowest BCUT2D eigenvalue weighted by atomic mass is 9.93. The van der Waals surface area contributed by atoms with Crippen molar-refractivity contribution in [2.24, 2.45) is 0 Å². The van der Waals surface area contributed by atoms with Gasteiger partial charge in [-0.3, -0.25) is 14.2 Å². The van der Waals surface area contributed by atoms with E-state index in [1.165, 1.54) is 16.7 Å². The summed E-state index contributed by atoms with van der Waals surface area (Å²) < 4.78 is 16.0. The van der Waals surface area contributed by atoms with Gasteiger partial charge in [0.15, 0.2) is 5.65 Å². The summed E-state index contributed by atoms with van der Waals surface area (Å²) in [5, 5.41) is 7.66. The van der Waals surface area contributed by atoms with E-state index in [9.17, 15) is 14.0 Å². The third-order valence-electron chi connectivity index (χ3n) is 4.83. The van der Waals surface area contributed by atoms with E-state index in [-0.39, 0.29) is 23.3 Å². The first-order valence-corrected chi connectivity index (χ1v) is 9.45. The number of fused-ring (bicyclic) bond motifs is 3. The molecule has 0 fully saturated rings. The number of aryl methyl sites for hydroxylation is 1. The summed E-state index contributed by atoms with van der Waals surface area (Å²) in [5.41, 5.74) is 1.84. The highest BCUT2D eigenvalue weighted by Crippen LogP contribution is 2.24. The second kappa shape index (κ2) is 7.01. The minimum absolute atomic E-state index is 0.202. The van der Waals surface area contributed by atoms with E-state index in [1.807, 2.05) is 27.7 Å². The van der Waals surface area contributed by atoms with Crippen LogP contribution in [0.15, 0.2) is 41.5 Å². The van der Waals surface area contributed by atoms with Gasteiger partial charge in [0, 0.05) is 17.7 Å². The molecule has 0 atom stereocenters. The van der Waals surface area contributed by atoms with Crippen LogP contribution in [0.2, 0.25) is 0 Å². The predicted molar refractivity (Wildman–Crippen MR) is 111 cm³/mol. The maximum atomic E-state index is 13.3. The van der Waals surface area contributed by atoms with Gasteiger partial charge >= 0.3 is 0 Å². The summed E-state index contributed by atoms with van der Waals surface area (Å²) in [6, 6.07) is 6.10. The third kappa shape index (κ3) is 3.42. The van der Waals surface area contributed by atoms with E-state index >= 15 is 0 Å². The average molecular weight is 408 g/mol. The molecule has 0 aromatic carbocycles. The Labute approximate surface area is 171 Å². The van der Waals surface area contributed by atoms with Gasteiger partial charge in [0.1, 0.15) is 23.8 Å². The van der Waals surface area contributed by atoms with E-state index in [1.54, 1.807) is 22.8 Å². The summed E-state index contributed by atoms with van der Waals surface area (Å²) in [6.07, 6.45) is 2.64. The summed E-state index contributed by atoms with van der Waals surface area (Å²) in [4.78, 5) is 34.1. The lowest BCUT2D eigenvalue weighted by Crippen LogP contribution is -2.30. The Morgan fingerprint density at radius 2 is 1.97 bits per heavy atom. The lowest BCUT2D eigenvalue weighted by Gasteiger charge is -2.13. The van der Waals surface area contributed by atoms with Gasteiger partial charge in [-0.05, 0) is 30.7 Å². The molecular weight excluding hydrogens is 387 g/mol. The minimum atomic E-state index is -0.502. The molecule has 154 valence electrons. The minimum Gasteiger partial charge on any atom is -0.309 e. The van der Waals surface area contributed by atoms with E-state index in [0.717, 1.165) is 17.5 Å². The fourth-order valence-corrected chi connectivity index (χ4v) is 3.22. The molecule has 4 rings (SSSR count). The van der Waals surface area contributed by atoms with Crippen LogP contribution in [0, 0.1) is 12.7 Å². The molecule has 8 nitrogen and oxygen atoms in total. The van der Waals surface area contributed by atoms with E-state index in [2.05, 4.69) is 20.4 Å². The average Bonchev–Trinajstić information content (AvgIpc) is 3.13. The normalized spacial score (nSPS) is 11.9. The number of halogens is 1. The molecule has 0 spiro atoms. The first-order valence-electron chi connectivity index (χ1n) is 9.45. The Balaban J connectivity index is 1.86. The van der Waals surface area contributed by atoms with Crippen LogP contribution in [0.5, 0.6) is 0 Å². The van der Waals surface area contributed by atoms with E-state index in [4.69, 9.17) is 0 Å². The molecule has 9 heteroatoms. The molecule has 4 aromatic rings. The quantitative estimate of drug-likeness (QED) is 0.563. The molecule has 0 aliphatic carbocycles. The number of pyridine rings is 2. The van der Waals surface area contributed by atoms with Gasteiger partial charge in [0.05, 0.1) is 17.3 Å². The van der Waals surface area contributed by atoms with Crippen molar-refractivity contribution in [2.45, 2.75) is 39.7 Å². The fourth-order valence-electron chi connectivity index (χ4n) is 3.22. The molecule has 0 saturated carbocycles. The van der Waals surface area contributed by atoms with Crippen LogP contribution < -0.4 is 10.9 Å². The number of anilines is 1. The van der Waals surface area contributed by atoms with Crippen LogP contribution >= 0.6 is 0 Å². The number of aromatic nitrogens is 5. The Morgan fingerprint density at radius 1 is 1.20 bits per heavy atom. The monoisotopic (exact) mass is 408 g/mol. The lowest BCUT2D eigenvalue weighted by molar-refractivity contribution is -0.116. The highest BCUT2D eigenvalue weighted by atomic mass is 19.1. The van der Waals surface area contributed by atoms with Crippen molar-refractivity contribution in [1.82, 2.24) is 24.1 Å². The van der Waals surface area contributed by atoms with Crippen molar-refractivity contribution >= 4 is 28.4 Å². The first-order chi connectivity index (χ1) is 14.1. The summed E-state index contributed by atoms with van der Waals surface area (Å²) in [5.74, 6) is -0.761. The topological polar surface area (TPSA) is 94.2 Å². The van der Waals surface area contributed by atoms with Crippen molar-refractivity contribution < 1.29 is 9.18 Å². The zero-order valence-electron chi connectivity index (χ0n) is 17.1. The Morgan fingerprint density at radius 3 is 2.63 bits per heavy atom. The molecule has 0 aliphatic rings. The highest BCUT2D eigenvalue weighted by molar-refractivity contribution is 5.90. The van der Waals surface area contributed by atoms with E-state index in [0.29, 0.717) is 16.7 Å². The SMILES string of the molecule is Cc1ccnc2c1c(=O)n(CC(=O)Nc1ccc(F)cn1)c1cc(C(C)(C)C)nn21. The van der Waals surface area contributed by atoms with Crippen LogP contribution in [-0.2, 0) is 16.8 Å². The van der Waals surface area contributed by atoms with Gasteiger partial charge in [-0.2, -0.15) is 9.61 Å². The van der Waals surface area contributed by atoms with Crippen molar-refractivity contribution in [1.29, 1.82) is 0 Å². The molecule has 0 radical (unpaired) electrons. The number of rotatable bonds is 3. The van der Waals surface area contributed by atoms with Crippen molar-refractivity contribution in [3.8, 4) is 0 Å². The highest BCUT2D eigenvalue weighted by Gasteiger charge is 2.23. The van der Waals surface area contributed by atoms with Gasteiger partial charge in [-0.25, -0.2) is 14.4 Å². The van der Waals surface area contributed by atoms with Crippen molar-refractivity contribution in [3.05, 3.63) is 64.1 Å². The standard InChI is InChI=1S/C21H21FN6O2/c1-12-7-8-23-19-18(12)20(30)27(17-9-14(21(2,3)4)26-28(17)19)11-16(29)25-15-6-5-13(22)10-24-15/h5-10H,11H2,1-4H3,(H,24,25,29). The predicted octanol–water partition coefficient (Wildman–Crippen LogP) is 2.82. The second-order valence-electron chi connectivity index (χ2n) is 8.18. The molecule has 4 aromatic heterocycles. The maximum Gasteiger partial charge on any atom is 0.264 e. The summed E-state index contributed by atoms with van der Waals surface area (Å²) in [6.45, 7) is 7.63. The Bertz CT molecular complexity index is 1330. The molecule has 30 heavy (non-hydrogen) atoms. The third-order valence-corrected chi connectivity index (χ3v) is 4.83. The van der Waals surface area contributed by atoms with Crippen LogP contribution in [0.3, 0.4) is 0 Å². The molecule has 0 aliphatic heterocycles. The maximum absolute atomic E-state index is 13.3. The molecule has 1 amide bonds. The van der Waals surface area contributed by atoms with Crippen LogP contribution in [0.25, 0.3) is 16.7 Å². The number of carbonyl (C=O) groups is 1. The number of hydrogen-bond acceptors (Lipinski definition) is 5. The number of carbonyl (C=O) groups excluding carboxylic acids is 1. The Kier molecular flexibility index (Phi) is 4.60. The van der Waals surface area contributed by atoms with Gasteiger partial charge in [-0.15, -0.1) is 0 Å².